The van der Waals surface area contributed by atoms with Gasteiger partial charge < -0.3 is 43.5 Å². The van der Waals surface area contributed by atoms with E-state index < -0.39 is 11.2 Å². The minimum Gasteiger partial charge on any atom is -0.444 e. The molecule has 7 saturated heterocycles. The zero-order chi connectivity index (χ0) is 56.0. The second kappa shape index (κ2) is 24.9. The Labute approximate surface area is 464 Å². The number of nitrogens with zero attached hydrogens (tertiary/aromatic N) is 8. The standard InChI is InChI=1S/C27H37N5O4.C22H29N5O2.C10H17NO3/c1-27(2,3)36-26(35)30-15-7-19(8-16-30)29-13-9-20(10-14-29)31-17-11-21-22(31)5-4-6-23(21)32-18-12-24(33)28-25(32)34;28-21-9-15-27(22(29)24-21)20-3-1-2-19-18(20)8-14-26(19)17-6-12-25(13-7-17)16-4-10-23-11-5-16;1-10(2,3)14-9(13)11-6-4-8(12)5-7-11/h4-6,11,17,19-20H,7-10,12-16,18H2,1-3H3,(H,28,33,34);1-3,8,14,16-17,23H,4-7,9-13,15H2,(H,24,28,29);4-7H2,1-3H3. The molecule has 4 aromatic rings. The highest BCUT2D eigenvalue weighted by molar-refractivity contribution is 6.10. The second-order valence-corrected chi connectivity index (χ2v) is 24.1. The highest BCUT2D eigenvalue weighted by atomic mass is 16.6. The van der Waals surface area contributed by atoms with Crippen molar-refractivity contribution >= 4 is 75.0 Å². The minimum atomic E-state index is -0.460. The number of anilines is 2. The first kappa shape index (κ1) is 57.2. The van der Waals surface area contributed by atoms with Gasteiger partial charge in [-0.15, -0.1) is 0 Å². The number of likely N-dealkylation sites (tertiary alicyclic amines) is 4. The van der Waals surface area contributed by atoms with Crippen LogP contribution in [0.2, 0.25) is 0 Å². The minimum absolute atomic E-state index is 0.198. The number of aromatic nitrogens is 2. The molecule has 0 radical (unpaired) electrons. The fraction of sp³-hybridized carbons (Fsp3) is 0.610. The molecule has 20 nitrogen and oxygen atoms in total. The molecule has 0 saturated carbocycles. The van der Waals surface area contributed by atoms with Crippen LogP contribution in [0.25, 0.3) is 21.8 Å². The smallest absolute Gasteiger partial charge is 0.410 e. The quantitative estimate of drug-likeness (QED) is 0.167. The van der Waals surface area contributed by atoms with Gasteiger partial charge in [-0.25, -0.2) is 19.2 Å². The van der Waals surface area contributed by atoms with Crippen LogP contribution in [0.3, 0.4) is 0 Å². The number of amides is 8. The Bertz CT molecular complexity index is 2830. The van der Waals surface area contributed by atoms with Crippen LogP contribution in [0.5, 0.6) is 0 Å². The van der Waals surface area contributed by atoms with Crippen molar-refractivity contribution in [2.75, 3.05) is 88.3 Å². The predicted octanol–water partition coefficient (Wildman–Crippen LogP) is 8.19. The van der Waals surface area contributed by atoms with Gasteiger partial charge in [0.1, 0.15) is 17.0 Å². The zero-order valence-electron chi connectivity index (χ0n) is 47.3. The molecule has 428 valence electrons. The van der Waals surface area contributed by atoms with Crippen molar-refractivity contribution in [3.8, 4) is 0 Å². The molecule has 0 atom stereocenters. The van der Waals surface area contributed by atoms with Gasteiger partial charge in [0.05, 0.1) is 22.4 Å². The Kier molecular flexibility index (Phi) is 18.0. The second-order valence-electron chi connectivity index (χ2n) is 24.1. The summed E-state index contributed by atoms with van der Waals surface area (Å²) in [7, 11) is 0. The van der Waals surface area contributed by atoms with Crippen molar-refractivity contribution in [1.29, 1.82) is 0 Å². The van der Waals surface area contributed by atoms with Gasteiger partial charge in [0.15, 0.2) is 0 Å². The van der Waals surface area contributed by atoms with E-state index in [4.69, 9.17) is 9.47 Å². The molecule has 11 rings (SSSR count). The summed E-state index contributed by atoms with van der Waals surface area (Å²) in [4.78, 5) is 94.7. The number of piperidine rings is 5. The molecule has 0 spiro atoms. The van der Waals surface area contributed by atoms with Crippen LogP contribution in [-0.4, -0.2) is 172 Å². The SMILES string of the molecule is CC(C)(C)OC(=O)N1CCC(=O)CC1.CC(C)(C)OC(=O)N1CCC(N2CCC(n3ccc4c(N5CCC(=O)NC5=O)cccc43)CC2)CC1.O=C1CCN(c2cccc3c2ccn3C2CCN(C3CCNCC3)CC2)C(=O)N1. The maximum absolute atomic E-state index is 12.4. The lowest BCUT2D eigenvalue weighted by molar-refractivity contribution is -0.121. The van der Waals surface area contributed by atoms with Gasteiger partial charge in [-0.2, -0.15) is 0 Å². The van der Waals surface area contributed by atoms with Crippen LogP contribution in [0, 0.1) is 0 Å². The summed E-state index contributed by atoms with van der Waals surface area (Å²) in [6.45, 7) is 21.2. The predicted molar refractivity (Wildman–Crippen MR) is 303 cm³/mol. The normalized spacial score (nSPS) is 21.3. The third kappa shape index (κ3) is 14.3. The molecule has 0 aliphatic carbocycles. The number of rotatable bonds is 6. The molecular formula is C59H83N11O9. The van der Waals surface area contributed by atoms with Crippen molar-refractivity contribution in [3.05, 3.63) is 60.9 Å². The molecule has 2 aromatic heterocycles. The lowest BCUT2D eigenvalue weighted by Crippen LogP contribution is -2.50. The van der Waals surface area contributed by atoms with Crippen LogP contribution in [0.1, 0.15) is 131 Å². The van der Waals surface area contributed by atoms with E-state index in [0.717, 1.165) is 125 Å². The topological polar surface area (TPSA) is 203 Å². The third-order valence-corrected chi connectivity index (χ3v) is 16.4. The van der Waals surface area contributed by atoms with Crippen LogP contribution >= 0.6 is 0 Å². The molecule has 20 heteroatoms. The summed E-state index contributed by atoms with van der Waals surface area (Å²) in [5, 5.41) is 10.4. The first-order valence-corrected chi connectivity index (χ1v) is 28.9. The molecule has 7 aliphatic heterocycles. The summed E-state index contributed by atoms with van der Waals surface area (Å²) in [6, 6.07) is 17.9. The van der Waals surface area contributed by atoms with Crippen molar-refractivity contribution < 1.29 is 43.0 Å². The largest absolute Gasteiger partial charge is 0.444 e. The number of urea groups is 2. The van der Waals surface area contributed by atoms with Crippen molar-refractivity contribution in [1.82, 2.24) is 44.7 Å². The summed E-state index contributed by atoms with van der Waals surface area (Å²) < 4.78 is 15.5. The monoisotopic (exact) mass is 1090 g/mol. The van der Waals surface area contributed by atoms with E-state index in [1.807, 2.05) is 70.7 Å². The number of hydrogen-bond donors (Lipinski definition) is 3. The Balaban J connectivity index is 0.000000157. The molecule has 9 heterocycles. The number of benzene rings is 2. The number of Topliss-reactive ketones (excluding diaryl/α,β-unsaturated/α-hetero) is 1. The van der Waals surface area contributed by atoms with E-state index in [-0.39, 0.29) is 41.8 Å². The molecular weight excluding hydrogens is 1010 g/mol. The van der Waals surface area contributed by atoms with E-state index in [1.54, 1.807) is 14.7 Å². The van der Waals surface area contributed by atoms with Crippen molar-refractivity contribution in [2.24, 2.45) is 0 Å². The van der Waals surface area contributed by atoms with Gasteiger partial charge in [0.2, 0.25) is 11.8 Å². The number of ketones is 1. The lowest BCUT2D eigenvalue weighted by Gasteiger charge is -2.42. The van der Waals surface area contributed by atoms with Crippen LogP contribution in [-0.2, 0) is 23.9 Å². The Morgan fingerprint density at radius 2 is 0.861 bits per heavy atom. The van der Waals surface area contributed by atoms with Gasteiger partial charge in [-0.05, 0) is 142 Å². The van der Waals surface area contributed by atoms with E-state index >= 15 is 0 Å². The number of imide groups is 2. The number of ether oxygens (including phenoxy) is 2. The first-order valence-electron chi connectivity index (χ1n) is 28.9. The van der Waals surface area contributed by atoms with Crippen LogP contribution in [0.15, 0.2) is 60.9 Å². The van der Waals surface area contributed by atoms with E-state index in [2.05, 4.69) is 71.5 Å². The summed E-state index contributed by atoms with van der Waals surface area (Å²) in [5.74, 6) is -0.190. The highest BCUT2D eigenvalue weighted by Gasteiger charge is 2.34. The van der Waals surface area contributed by atoms with Gasteiger partial charge in [-0.3, -0.25) is 34.8 Å². The van der Waals surface area contributed by atoms with Gasteiger partial charge in [-0.1, -0.05) is 12.1 Å². The maximum atomic E-state index is 12.4. The van der Waals surface area contributed by atoms with E-state index in [9.17, 15) is 33.6 Å². The Hall–Kier alpha value is -6.51. The van der Waals surface area contributed by atoms with Crippen molar-refractivity contribution in [3.63, 3.8) is 0 Å². The highest BCUT2D eigenvalue weighted by Crippen LogP contribution is 2.37. The lowest BCUT2D eigenvalue weighted by atomic mass is 9.97. The van der Waals surface area contributed by atoms with Crippen LogP contribution < -0.4 is 25.8 Å². The molecule has 0 unspecified atom stereocenters. The number of carbonyl (C=O) groups is 7. The number of nitrogens with one attached hydrogen (secondary N) is 3. The van der Waals surface area contributed by atoms with Crippen LogP contribution in [0.4, 0.5) is 30.6 Å². The summed E-state index contributed by atoms with van der Waals surface area (Å²) in [6.07, 6.45) is 14.3. The average Bonchev–Trinajstić information content (AvgIpc) is 4.26. The number of hydrogen-bond acceptors (Lipinski definition) is 12. The maximum Gasteiger partial charge on any atom is 0.410 e. The molecule has 2 aromatic carbocycles. The number of carbonyl (C=O) groups excluding carboxylic acids is 7. The summed E-state index contributed by atoms with van der Waals surface area (Å²) >= 11 is 0. The molecule has 3 N–H and O–H groups in total. The molecule has 0 bridgehead atoms. The molecule has 8 amide bonds. The fourth-order valence-electron chi connectivity index (χ4n) is 12.3. The molecule has 7 aliphatic rings. The fourth-order valence-corrected chi connectivity index (χ4v) is 12.3. The third-order valence-electron chi connectivity index (χ3n) is 16.4. The van der Waals surface area contributed by atoms with Gasteiger partial charge in [0, 0.05) is 138 Å². The van der Waals surface area contributed by atoms with Gasteiger partial charge >= 0.3 is 24.2 Å². The van der Waals surface area contributed by atoms with E-state index in [0.29, 0.717) is 70.0 Å². The molecule has 79 heavy (non-hydrogen) atoms. The van der Waals surface area contributed by atoms with Gasteiger partial charge in [0.25, 0.3) is 0 Å². The Morgan fingerprint density at radius 1 is 0.468 bits per heavy atom. The van der Waals surface area contributed by atoms with E-state index in [1.165, 1.54) is 18.4 Å². The first-order chi connectivity index (χ1) is 37.8. The molecule has 7 fully saturated rings. The number of fused-ring (bicyclic) bond motifs is 2. The summed E-state index contributed by atoms with van der Waals surface area (Å²) in [5.41, 5.74) is 3.12. The Morgan fingerprint density at radius 3 is 1.27 bits per heavy atom. The van der Waals surface area contributed by atoms with Crippen molar-refractivity contribution in [2.45, 2.75) is 154 Å². The average molecular weight is 1090 g/mol. The zero-order valence-corrected chi connectivity index (χ0v) is 47.3.